The summed E-state index contributed by atoms with van der Waals surface area (Å²) in [7, 11) is 0. The number of aliphatic hydroxyl groups is 1. The SMILES string of the molecule is CC(C)C1(O)CN(C(=O)C=Cc2cccc(Cl)c2Cl)C1. The Balaban J connectivity index is 2.00. The topological polar surface area (TPSA) is 40.5 Å². The van der Waals surface area contributed by atoms with Crippen molar-refractivity contribution < 1.29 is 9.90 Å². The van der Waals surface area contributed by atoms with Gasteiger partial charge in [0.15, 0.2) is 0 Å². The Morgan fingerprint density at radius 2 is 2.05 bits per heavy atom. The van der Waals surface area contributed by atoms with Crippen LogP contribution in [0.1, 0.15) is 19.4 Å². The van der Waals surface area contributed by atoms with Crippen LogP contribution in [-0.2, 0) is 4.79 Å². The minimum Gasteiger partial charge on any atom is -0.386 e. The van der Waals surface area contributed by atoms with E-state index in [2.05, 4.69) is 0 Å². The molecule has 0 saturated carbocycles. The van der Waals surface area contributed by atoms with E-state index in [1.165, 1.54) is 6.08 Å². The van der Waals surface area contributed by atoms with Gasteiger partial charge in [-0.2, -0.15) is 0 Å². The minimum absolute atomic E-state index is 0.133. The first-order chi connectivity index (χ1) is 9.33. The van der Waals surface area contributed by atoms with Crippen LogP contribution in [0.25, 0.3) is 6.08 Å². The molecule has 0 atom stereocenters. The van der Waals surface area contributed by atoms with Gasteiger partial charge in [-0.25, -0.2) is 0 Å². The fraction of sp³-hybridized carbons (Fsp3) is 0.400. The number of hydrogen-bond acceptors (Lipinski definition) is 2. The Morgan fingerprint density at radius 1 is 1.40 bits per heavy atom. The van der Waals surface area contributed by atoms with Crippen molar-refractivity contribution in [3.8, 4) is 0 Å². The summed E-state index contributed by atoms with van der Waals surface area (Å²) in [5.41, 5.74) is -0.0517. The van der Waals surface area contributed by atoms with Crippen LogP contribution in [0.4, 0.5) is 0 Å². The maximum atomic E-state index is 12.0. The van der Waals surface area contributed by atoms with Crippen LogP contribution >= 0.6 is 23.2 Å². The van der Waals surface area contributed by atoms with Crippen molar-refractivity contribution in [1.29, 1.82) is 0 Å². The Morgan fingerprint density at radius 3 is 2.65 bits per heavy atom. The largest absolute Gasteiger partial charge is 0.386 e. The van der Waals surface area contributed by atoms with Gasteiger partial charge in [-0.1, -0.05) is 49.2 Å². The number of likely N-dealkylation sites (tertiary alicyclic amines) is 1. The average molecular weight is 314 g/mol. The third kappa shape index (κ3) is 3.00. The number of carbonyl (C=O) groups is 1. The number of halogens is 2. The highest BCUT2D eigenvalue weighted by atomic mass is 35.5. The van der Waals surface area contributed by atoms with Gasteiger partial charge in [-0.3, -0.25) is 4.79 Å². The lowest BCUT2D eigenvalue weighted by Crippen LogP contribution is -2.65. The molecule has 0 aromatic heterocycles. The van der Waals surface area contributed by atoms with Crippen molar-refractivity contribution in [2.75, 3.05) is 13.1 Å². The molecule has 1 aromatic carbocycles. The minimum atomic E-state index is -0.753. The number of carbonyl (C=O) groups excluding carboxylic acids is 1. The van der Waals surface area contributed by atoms with Crippen LogP contribution in [0, 0.1) is 5.92 Å². The van der Waals surface area contributed by atoms with E-state index in [0.29, 0.717) is 28.7 Å². The third-order valence-electron chi connectivity index (χ3n) is 3.70. The van der Waals surface area contributed by atoms with Gasteiger partial charge in [0.05, 0.1) is 23.1 Å². The lowest BCUT2D eigenvalue weighted by molar-refractivity contribution is -0.158. The number of benzene rings is 1. The maximum Gasteiger partial charge on any atom is 0.246 e. The van der Waals surface area contributed by atoms with Gasteiger partial charge >= 0.3 is 0 Å². The molecule has 1 aliphatic heterocycles. The first kappa shape index (κ1) is 15.4. The zero-order chi connectivity index (χ0) is 14.9. The molecule has 0 unspecified atom stereocenters. The summed E-state index contributed by atoms with van der Waals surface area (Å²) in [4.78, 5) is 13.6. The lowest BCUT2D eigenvalue weighted by Gasteiger charge is -2.48. The van der Waals surface area contributed by atoms with Crippen LogP contribution in [0.15, 0.2) is 24.3 Å². The predicted octanol–water partition coefficient (Wildman–Crippen LogP) is 3.24. The summed E-state index contributed by atoms with van der Waals surface area (Å²) < 4.78 is 0. The highest BCUT2D eigenvalue weighted by molar-refractivity contribution is 6.42. The van der Waals surface area contributed by atoms with Crippen LogP contribution in [0.5, 0.6) is 0 Å². The third-order valence-corrected chi connectivity index (χ3v) is 4.54. The molecular formula is C15H17Cl2NO2. The number of rotatable bonds is 3. The smallest absolute Gasteiger partial charge is 0.246 e. The van der Waals surface area contributed by atoms with E-state index in [4.69, 9.17) is 23.2 Å². The Hall–Kier alpha value is -1.03. The molecule has 3 nitrogen and oxygen atoms in total. The predicted molar refractivity (Wildman–Crippen MR) is 81.9 cm³/mol. The van der Waals surface area contributed by atoms with Crippen molar-refractivity contribution in [3.63, 3.8) is 0 Å². The van der Waals surface area contributed by atoms with Gasteiger partial charge in [0, 0.05) is 6.08 Å². The van der Waals surface area contributed by atoms with E-state index in [0.717, 1.165) is 0 Å². The van der Waals surface area contributed by atoms with Crippen LogP contribution in [0.3, 0.4) is 0 Å². The van der Waals surface area contributed by atoms with Gasteiger partial charge in [0.1, 0.15) is 5.60 Å². The molecule has 0 radical (unpaired) electrons. The van der Waals surface area contributed by atoms with Crippen LogP contribution in [0.2, 0.25) is 10.0 Å². The standard InChI is InChI=1S/C15H17Cl2NO2/c1-10(2)15(20)8-18(9-15)13(19)7-6-11-4-3-5-12(16)14(11)17/h3-7,10,20H,8-9H2,1-2H3. The van der Waals surface area contributed by atoms with Gasteiger partial charge in [0.25, 0.3) is 0 Å². The summed E-state index contributed by atoms with van der Waals surface area (Å²) in [6, 6.07) is 5.26. The van der Waals surface area contributed by atoms with Gasteiger partial charge in [-0.05, 0) is 23.6 Å². The lowest BCUT2D eigenvalue weighted by atomic mass is 9.83. The maximum absolute atomic E-state index is 12.0. The van der Waals surface area contributed by atoms with Crippen molar-refractivity contribution in [3.05, 3.63) is 39.9 Å². The first-order valence-electron chi connectivity index (χ1n) is 6.47. The molecular weight excluding hydrogens is 297 g/mol. The number of amides is 1. The molecule has 1 heterocycles. The second-order valence-corrected chi connectivity index (χ2v) is 6.21. The zero-order valence-corrected chi connectivity index (χ0v) is 12.9. The first-order valence-corrected chi connectivity index (χ1v) is 7.22. The van der Waals surface area contributed by atoms with Gasteiger partial charge < -0.3 is 10.0 Å². The number of β-amino-alcohol motifs (C(OH)–C–C–N with tert-alkyl or cyclic N) is 1. The monoisotopic (exact) mass is 313 g/mol. The van der Waals surface area contributed by atoms with E-state index in [-0.39, 0.29) is 11.8 Å². The normalized spacial score (nSPS) is 17.6. The van der Waals surface area contributed by atoms with E-state index in [1.807, 2.05) is 13.8 Å². The Kier molecular flexibility index (Phi) is 4.43. The molecule has 1 fully saturated rings. The van der Waals surface area contributed by atoms with E-state index >= 15 is 0 Å². The van der Waals surface area contributed by atoms with Crippen LogP contribution < -0.4 is 0 Å². The zero-order valence-electron chi connectivity index (χ0n) is 11.4. The van der Waals surface area contributed by atoms with Crippen LogP contribution in [-0.4, -0.2) is 34.6 Å². The van der Waals surface area contributed by atoms with Crippen molar-refractivity contribution in [2.45, 2.75) is 19.4 Å². The Labute approximate surface area is 128 Å². The molecule has 0 aliphatic carbocycles. The quantitative estimate of drug-likeness (QED) is 0.870. The van der Waals surface area contributed by atoms with Crippen molar-refractivity contribution in [2.24, 2.45) is 5.92 Å². The molecule has 1 aromatic rings. The molecule has 1 amide bonds. The molecule has 2 rings (SSSR count). The molecule has 1 saturated heterocycles. The summed E-state index contributed by atoms with van der Waals surface area (Å²) >= 11 is 12.0. The number of hydrogen-bond donors (Lipinski definition) is 1. The second-order valence-electron chi connectivity index (χ2n) is 5.43. The molecule has 0 spiro atoms. The molecule has 20 heavy (non-hydrogen) atoms. The highest BCUT2D eigenvalue weighted by Gasteiger charge is 2.45. The molecule has 5 heteroatoms. The Bertz CT molecular complexity index is 549. The summed E-state index contributed by atoms with van der Waals surface area (Å²) in [5.74, 6) is 0.00395. The van der Waals surface area contributed by atoms with Gasteiger partial charge in [0.2, 0.25) is 5.91 Å². The molecule has 108 valence electrons. The number of nitrogens with zero attached hydrogens (tertiary/aromatic N) is 1. The molecule has 0 bridgehead atoms. The molecule has 1 aliphatic rings. The summed E-state index contributed by atoms with van der Waals surface area (Å²) in [6.07, 6.45) is 3.10. The average Bonchev–Trinajstić information content (AvgIpc) is 2.36. The highest BCUT2D eigenvalue weighted by Crippen LogP contribution is 2.29. The van der Waals surface area contributed by atoms with E-state index in [9.17, 15) is 9.90 Å². The fourth-order valence-electron chi connectivity index (χ4n) is 2.05. The van der Waals surface area contributed by atoms with E-state index in [1.54, 1.807) is 29.2 Å². The van der Waals surface area contributed by atoms with Crippen molar-refractivity contribution in [1.82, 2.24) is 4.90 Å². The second kappa shape index (κ2) is 5.76. The molecule has 1 N–H and O–H groups in total. The van der Waals surface area contributed by atoms with Crippen molar-refractivity contribution >= 4 is 35.2 Å². The fourth-order valence-corrected chi connectivity index (χ4v) is 2.42. The summed E-state index contributed by atoms with van der Waals surface area (Å²) in [6.45, 7) is 4.64. The summed E-state index contributed by atoms with van der Waals surface area (Å²) in [5, 5.41) is 11.0. The van der Waals surface area contributed by atoms with E-state index < -0.39 is 5.60 Å². The van der Waals surface area contributed by atoms with Gasteiger partial charge in [-0.15, -0.1) is 0 Å².